The molecule has 1 fully saturated rings. The van der Waals surface area contributed by atoms with E-state index in [9.17, 15) is 9.59 Å². The zero-order valence-electron chi connectivity index (χ0n) is 15.6. The minimum Gasteiger partial charge on any atom is -0.379 e. The largest absolute Gasteiger partial charge is 0.379 e. The Balaban J connectivity index is 1.56. The molecular weight excluding hydrogens is 344 g/mol. The lowest BCUT2D eigenvalue weighted by atomic mass is 9.95. The van der Waals surface area contributed by atoms with Crippen LogP contribution in [0.2, 0.25) is 0 Å². The van der Waals surface area contributed by atoms with Crippen molar-refractivity contribution in [2.75, 3.05) is 5.32 Å². The summed E-state index contributed by atoms with van der Waals surface area (Å²) in [5.41, 5.74) is 8.43. The summed E-state index contributed by atoms with van der Waals surface area (Å²) in [5, 5.41) is 14.3. The molecule has 27 heavy (non-hydrogen) atoms. The molecule has 1 aliphatic rings. The number of amides is 2. The zero-order valence-corrected chi connectivity index (χ0v) is 15.6. The van der Waals surface area contributed by atoms with E-state index in [0.29, 0.717) is 23.8 Å². The van der Waals surface area contributed by atoms with Crippen molar-refractivity contribution in [3.8, 4) is 0 Å². The topological polar surface area (TPSA) is 115 Å². The van der Waals surface area contributed by atoms with E-state index in [0.717, 1.165) is 24.1 Å². The Morgan fingerprint density at radius 2 is 2.04 bits per heavy atom. The molecule has 2 aromatic rings. The SMILES string of the molecule is Cc1cc(C(=O)NC2CCCCC2)ccc1NCc1cn(CC(N)=O)nn1. The number of anilines is 1. The Morgan fingerprint density at radius 1 is 1.26 bits per heavy atom. The van der Waals surface area contributed by atoms with Gasteiger partial charge in [0.25, 0.3) is 5.91 Å². The molecule has 1 aromatic carbocycles. The van der Waals surface area contributed by atoms with Crippen molar-refractivity contribution >= 4 is 17.5 Å². The summed E-state index contributed by atoms with van der Waals surface area (Å²) in [4.78, 5) is 23.4. The van der Waals surface area contributed by atoms with Crippen LogP contribution in [0.25, 0.3) is 0 Å². The lowest BCUT2D eigenvalue weighted by Crippen LogP contribution is -2.36. The summed E-state index contributed by atoms with van der Waals surface area (Å²) in [6.45, 7) is 2.44. The molecule has 0 atom stereocenters. The van der Waals surface area contributed by atoms with Crippen LogP contribution in [-0.2, 0) is 17.9 Å². The fourth-order valence-electron chi connectivity index (χ4n) is 3.36. The van der Waals surface area contributed by atoms with E-state index in [-0.39, 0.29) is 12.5 Å². The van der Waals surface area contributed by atoms with E-state index in [1.54, 1.807) is 6.20 Å². The number of carbonyl (C=O) groups is 2. The normalized spacial score (nSPS) is 14.7. The first-order chi connectivity index (χ1) is 13.0. The number of nitrogens with zero attached hydrogens (tertiary/aromatic N) is 3. The molecule has 1 aromatic heterocycles. The van der Waals surface area contributed by atoms with Crippen molar-refractivity contribution < 1.29 is 9.59 Å². The lowest BCUT2D eigenvalue weighted by Gasteiger charge is -2.23. The van der Waals surface area contributed by atoms with Gasteiger partial charge in [0, 0.05) is 17.3 Å². The van der Waals surface area contributed by atoms with Crippen LogP contribution >= 0.6 is 0 Å². The third kappa shape index (κ3) is 5.29. The molecule has 1 aliphatic carbocycles. The molecule has 0 aliphatic heterocycles. The molecule has 0 saturated heterocycles. The molecule has 0 spiro atoms. The second-order valence-electron chi connectivity index (χ2n) is 7.07. The average molecular weight is 370 g/mol. The highest BCUT2D eigenvalue weighted by Gasteiger charge is 2.17. The van der Waals surface area contributed by atoms with Gasteiger partial charge in [-0.3, -0.25) is 9.59 Å². The van der Waals surface area contributed by atoms with Crippen molar-refractivity contribution in [3.63, 3.8) is 0 Å². The number of hydrogen-bond donors (Lipinski definition) is 3. The monoisotopic (exact) mass is 370 g/mol. The van der Waals surface area contributed by atoms with E-state index >= 15 is 0 Å². The van der Waals surface area contributed by atoms with Crippen LogP contribution in [0, 0.1) is 6.92 Å². The Hall–Kier alpha value is -2.90. The van der Waals surface area contributed by atoms with E-state index in [2.05, 4.69) is 20.9 Å². The summed E-state index contributed by atoms with van der Waals surface area (Å²) < 4.78 is 1.41. The molecule has 0 unspecified atom stereocenters. The van der Waals surface area contributed by atoms with Gasteiger partial charge >= 0.3 is 0 Å². The molecule has 144 valence electrons. The number of primary amides is 1. The van der Waals surface area contributed by atoms with Gasteiger partial charge in [-0.2, -0.15) is 0 Å². The van der Waals surface area contributed by atoms with Gasteiger partial charge in [0.1, 0.15) is 12.2 Å². The zero-order chi connectivity index (χ0) is 19.2. The first kappa shape index (κ1) is 18.9. The fraction of sp³-hybridized carbons (Fsp3) is 0.474. The van der Waals surface area contributed by atoms with Crippen molar-refractivity contribution in [3.05, 3.63) is 41.2 Å². The van der Waals surface area contributed by atoms with Gasteiger partial charge < -0.3 is 16.4 Å². The highest BCUT2D eigenvalue weighted by atomic mass is 16.2. The van der Waals surface area contributed by atoms with Crippen molar-refractivity contribution in [1.29, 1.82) is 0 Å². The van der Waals surface area contributed by atoms with Gasteiger partial charge in [-0.1, -0.05) is 24.5 Å². The minimum atomic E-state index is -0.461. The number of rotatable bonds is 7. The molecule has 0 bridgehead atoms. The molecule has 8 heteroatoms. The maximum absolute atomic E-state index is 12.5. The maximum Gasteiger partial charge on any atom is 0.251 e. The summed E-state index contributed by atoms with van der Waals surface area (Å²) in [6.07, 6.45) is 7.47. The first-order valence-corrected chi connectivity index (χ1v) is 9.34. The van der Waals surface area contributed by atoms with Gasteiger partial charge in [0.15, 0.2) is 0 Å². The van der Waals surface area contributed by atoms with Crippen molar-refractivity contribution in [1.82, 2.24) is 20.3 Å². The van der Waals surface area contributed by atoms with Crippen LogP contribution in [0.1, 0.15) is 53.7 Å². The van der Waals surface area contributed by atoms with Gasteiger partial charge in [-0.25, -0.2) is 4.68 Å². The van der Waals surface area contributed by atoms with Crippen LogP contribution < -0.4 is 16.4 Å². The predicted molar refractivity (Wildman–Crippen MR) is 102 cm³/mol. The van der Waals surface area contributed by atoms with Crippen LogP contribution in [0.4, 0.5) is 5.69 Å². The molecule has 0 radical (unpaired) electrons. The average Bonchev–Trinajstić information content (AvgIpc) is 3.08. The second kappa shape index (κ2) is 8.66. The van der Waals surface area contributed by atoms with Crippen molar-refractivity contribution in [2.24, 2.45) is 5.73 Å². The Labute approximate surface area is 158 Å². The molecule has 3 rings (SSSR count). The molecule has 1 saturated carbocycles. The van der Waals surface area contributed by atoms with E-state index in [1.807, 2.05) is 25.1 Å². The quantitative estimate of drug-likeness (QED) is 0.687. The first-order valence-electron chi connectivity index (χ1n) is 9.34. The number of hydrogen-bond acceptors (Lipinski definition) is 5. The van der Waals surface area contributed by atoms with Crippen LogP contribution in [0.5, 0.6) is 0 Å². The van der Waals surface area contributed by atoms with E-state index < -0.39 is 5.91 Å². The standard InChI is InChI=1S/C19H26N6O2/c1-13-9-14(19(27)22-15-5-3-2-4-6-15)7-8-17(13)21-10-16-11-25(24-23-16)12-18(20)26/h7-9,11,15,21H,2-6,10,12H2,1H3,(H2,20,26)(H,22,27). The number of benzene rings is 1. The molecule has 2 amide bonds. The van der Waals surface area contributed by atoms with Gasteiger partial charge in [-0.15, -0.1) is 5.10 Å². The summed E-state index contributed by atoms with van der Waals surface area (Å²) in [5.74, 6) is -0.469. The lowest BCUT2D eigenvalue weighted by molar-refractivity contribution is -0.118. The van der Waals surface area contributed by atoms with Crippen LogP contribution in [-0.4, -0.2) is 32.9 Å². The summed E-state index contributed by atoms with van der Waals surface area (Å²) in [6, 6.07) is 5.92. The van der Waals surface area contributed by atoms with Crippen LogP contribution in [0.3, 0.4) is 0 Å². The molecule has 8 nitrogen and oxygen atoms in total. The summed E-state index contributed by atoms with van der Waals surface area (Å²) in [7, 11) is 0. The Morgan fingerprint density at radius 3 is 2.74 bits per heavy atom. The number of aromatic nitrogens is 3. The van der Waals surface area contributed by atoms with E-state index in [1.165, 1.54) is 23.9 Å². The van der Waals surface area contributed by atoms with E-state index in [4.69, 9.17) is 5.73 Å². The highest BCUT2D eigenvalue weighted by Crippen LogP contribution is 2.20. The molecule has 4 N–H and O–H groups in total. The number of nitrogens with two attached hydrogens (primary N) is 1. The maximum atomic E-state index is 12.5. The number of nitrogens with one attached hydrogen (secondary N) is 2. The Bertz CT molecular complexity index is 810. The smallest absolute Gasteiger partial charge is 0.251 e. The Kier molecular flexibility index (Phi) is 6.05. The molecular formula is C19H26N6O2. The molecule has 1 heterocycles. The third-order valence-electron chi connectivity index (χ3n) is 4.79. The second-order valence-corrected chi connectivity index (χ2v) is 7.07. The number of carbonyl (C=O) groups excluding carboxylic acids is 2. The van der Waals surface area contributed by atoms with Crippen molar-refractivity contribution in [2.45, 2.75) is 58.2 Å². The minimum absolute atomic E-state index is 0.00838. The summed E-state index contributed by atoms with van der Waals surface area (Å²) >= 11 is 0. The third-order valence-corrected chi connectivity index (χ3v) is 4.79. The number of aryl methyl sites for hydroxylation is 1. The highest BCUT2D eigenvalue weighted by molar-refractivity contribution is 5.95. The fourth-order valence-corrected chi connectivity index (χ4v) is 3.36. The van der Waals surface area contributed by atoms with Crippen LogP contribution in [0.15, 0.2) is 24.4 Å². The van der Waals surface area contributed by atoms with Gasteiger partial charge in [0.2, 0.25) is 5.91 Å². The van der Waals surface area contributed by atoms with Gasteiger partial charge in [0.05, 0.1) is 12.7 Å². The van der Waals surface area contributed by atoms with Gasteiger partial charge in [-0.05, 0) is 43.5 Å². The predicted octanol–water partition coefficient (Wildman–Crippen LogP) is 1.75.